The molecule has 0 aliphatic rings. The second-order valence-corrected chi connectivity index (χ2v) is 6.40. The average Bonchev–Trinajstić information content (AvgIpc) is 2.72. The SMILES string of the molecule is CCOc1ccccc1C(NC)c1sc(C)cc1Br. The van der Waals surface area contributed by atoms with E-state index in [1.165, 1.54) is 15.3 Å². The maximum Gasteiger partial charge on any atom is 0.124 e. The molecule has 1 aromatic carbocycles. The summed E-state index contributed by atoms with van der Waals surface area (Å²) in [7, 11) is 1.98. The number of thiophene rings is 1. The topological polar surface area (TPSA) is 21.3 Å². The van der Waals surface area contributed by atoms with Crippen LogP contribution in [0.3, 0.4) is 0 Å². The molecule has 1 atom stereocenters. The summed E-state index contributed by atoms with van der Waals surface area (Å²) in [5.74, 6) is 0.947. The second-order valence-electron chi connectivity index (χ2n) is 4.26. The number of para-hydroxylation sites is 1. The van der Waals surface area contributed by atoms with Crippen molar-refractivity contribution >= 4 is 27.3 Å². The van der Waals surface area contributed by atoms with Gasteiger partial charge in [0.1, 0.15) is 5.75 Å². The Morgan fingerprint density at radius 2 is 2.11 bits per heavy atom. The minimum atomic E-state index is 0.149. The van der Waals surface area contributed by atoms with Crippen molar-refractivity contribution in [3.8, 4) is 5.75 Å². The highest BCUT2D eigenvalue weighted by Crippen LogP contribution is 2.38. The van der Waals surface area contributed by atoms with Crippen LogP contribution in [0.1, 0.15) is 28.3 Å². The monoisotopic (exact) mass is 339 g/mol. The Kier molecular flexibility index (Phi) is 5.02. The van der Waals surface area contributed by atoms with Crippen LogP contribution in [0.2, 0.25) is 0 Å². The Hall–Kier alpha value is -0.840. The van der Waals surface area contributed by atoms with E-state index >= 15 is 0 Å². The molecular weight excluding hydrogens is 322 g/mol. The first kappa shape index (κ1) is 14.6. The predicted octanol–water partition coefficient (Wildman–Crippen LogP) is 4.53. The van der Waals surface area contributed by atoms with E-state index in [-0.39, 0.29) is 6.04 Å². The summed E-state index contributed by atoms with van der Waals surface area (Å²) in [6.07, 6.45) is 0. The molecule has 2 aromatic rings. The Morgan fingerprint density at radius 1 is 1.37 bits per heavy atom. The molecule has 0 saturated carbocycles. The molecule has 1 aromatic heterocycles. The highest BCUT2D eigenvalue weighted by Gasteiger charge is 2.20. The highest BCUT2D eigenvalue weighted by atomic mass is 79.9. The largest absolute Gasteiger partial charge is 0.494 e. The van der Waals surface area contributed by atoms with E-state index in [9.17, 15) is 0 Å². The highest BCUT2D eigenvalue weighted by molar-refractivity contribution is 9.10. The van der Waals surface area contributed by atoms with Crippen LogP contribution in [0.15, 0.2) is 34.8 Å². The van der Waals surface area contributed by atoms with E-state index in [2.05, 4.69) is 46.4 Å². The van der Waals surface area contributed by atoms with E-state index < -0.39 is 0 Å². The molecular formula is C15H18BrNOS. The molecule has 1 unspecified atom stereocenters. The van der Waals surface area contributed by atoms with Gasteiger partial charge in [-0.2, -0.15) is 0 Å². The predicted molar refractivity (Wildman–Crippen MR) is 85.3 cm³/mol. The lowest BCUT2D eigenvalue weighted by atomic mass is 10.0. The van der Waals surface area contributed by atoms with E-state index in [4.69, 9.17) is 4.74 Å². The van der Waals surface area contributed by atoms with Gasteiger partial charge in [-0.3, -0.25) is 0 Å². The number of hydrogen-bond acceptors (Lipinski definition) is 3. The number of halogens is 1. The molecule has 1 N–H and O–H groups in total. The third kappa shape index (κ3) is 3.19. The third-order valence-electron chi connectivity index (χ3n) is 2.92. The van der Waals surface area contributed by atoms with Gasteiger partial charge in [0.25, 0.3) is 0 Å². The van der Waals surface area contributed by atoms with E-state index in [0.29, 0.717) is 6.61 Å². The zero-order valence-corrected chi connectivity index (χ0v) is 13.8. The molecule has 1 heterocycles. The van der Waals surface area contributed by atoms with E-state index in [0.717, 1.165) is 10.2 Å². The fourth-order valence-corrected chi connectivity index (χ4v) is 4.14. The van der Waals surface area contributed by atoms with E-state index in [1.54, 1.807) is 11.3 Å². The summed E-state index contributed by atoms with van der Waals surface area (Å²) in [5.41, 5.74) is 1.18. The van der Waals surface area contributed by atoms with Gasteiger partial charge in [-0.25, -0.2) is 0 Å². The summed E-state index contributed by atoms with van der Waals surface area (Å²) in [5, 5.41) is 3.39. The second kappa shape index (κ2) is 6.55. The van der Waals surface area contributed by atoms with Crippen LogP contribution in [-0.2, 0) is 0 Å². The smallest absolute Gasteiger partial charge is 0.124 e. The molecule has 0 aliphatic carbocycles. The van der Waals surface area contributed by atoms with Crippen molar-refractivity contribution < 1.29 is 4.74 Å². The Morgan fingerprint density at radius 3 is 2.68 bits per heavy atom. The number of hydrogen-bond donors (Lipinski definition) is 1. The first-order valence-electron chi connectivity index (χ1n) is 6.32. The van der Waals surface area contributed by atoms with Crippen molar-refractivity contribution in [2.45, 2.75) is 19.9 Å². The van der Waals surface area contributed by atoms with Crippen LogP contribution in [0, 0.1) is 6.92 Å². The standard InChI is InChI=1S/C15H18BrNOS/c1-4-18-13-8-6-5-7-11(13)14(17-3)15-12(16)9-10(2)19-15/h5-9,14,17H,4H2,1-3H3. The molecule has 2 nitrogen and oxygen atoms in total. The lowest BCUT2D eigenvalue weighted by molar-refractivity contribution is 0.334. The lowest BCUT2D eigenvalue weighted by Crippen LogP contribution is -2.18. The third-order valence-corrected chi connectivity index (χ3v) is 4.95. The summed E-state index contributed by atoms with van der Waals surface area (Å²) >= 11 is 5.45. The van der Waals surface area contributed by atoms with Crippen LogP contribution in [0.4, 0.5) is 0 Å². The van der Waals surface area contributed by atoms with Gasteiger partial charge in [0.2, 0.25) is 0 Å². The normalized spacial score (nSPS) is 12.4. The molecule has 0 saturated heterocycles. The maximum atomic E-state index is 5.74. The van der Waals surface area contributed by atoms with Gasteiger partial charge in [0.05, 0.1) is 12.6 Å². The average molecular weight is 340 g/mol. The number of ether oxygens (including phenoxy) is 1. The zero-order chi connectivity index (χ0) is 13.8. The Bertz CT molecular complexity index is 553. The summed E-state index contributed by atoms with van der Waals surface area (Å²) < 4.78 is 6.89. The minimum Gasteiger partial charge on any atom is -0.494 e. The molecule has 0 fully saturated rings. The number of benzene rings is 1. The molecule has 2 rings (SSSR count). The van der Waals surface area contributed by atoms with Crippen LogP contribution >= 0.6 is 27.3 Å². The number of rotatable bonds is 5. The van der Waals surface area contributed by atoms with Crippen molar-refractivity contribution in [2.24, 2.45) is 0 Å². The first-order valence-corrected chi connectivity index (χ1v) is 7.93. The molecule has 102 valence electrons. The van der Waals surface area contributed by atoms with Gasteiger partial charge >= 0.3 is 0 Å². The molecule has 0 radical (unpaired) electrons. The Labute approximate surface area is 126 Å². The van der Waals surface area contributed by atoms with Gasteiger partial charge in [0.15, 0.2) is 0 Å². The van der Waals surface area contributed by atoms with Crippen molar-refractivity contribution in [3.05, 3.63) is 50.1 Å². The molecule has 19 heavy (non-hydrogen) atoms. The van der Waals surface area contributed by atoms with Gasteiger partial charge in [-0.15, -0.1) is 11.3 Å². The minimum absolute atomic E-state index is 0.149. The van der Waals surface area contributed by atoms with Crippen LogP contribution in [0.25, 0.3) is 0 Å². The van der Waals surface area contributed by atoms with Gasteiger partial charge in [0, 0.05) is 19.8 Å². The fraction of sp³-hybridized carbons (Fsp3) is 0.333. The first-order chi connectivity index (χ1) is 9.17. The molecule has 4 heteroatoms. The summed E-state index contributed by atoms with van der Waals surface area (Å²) in [4.78, 5) is 2.59. The van der Waals surface area contributed by atoms with E-state index in [1.807, 2.05) is 26.1 Å². The van der Waals surface area contributed by atoms with Crippen molar-refractivity contribution in [3.63, 3.8) is 0 Å². The number of nitrogens with one attached hydrogen (secondary N) is 1. The van der Waals surface area contributed by atoms with Crippen LogP contribution in [-0.4, -0.2) is 13.7 Å². The lowest BCUT2D eigenvalue weighted by Gasteiger charge is -2.19. The Balaban J connectivity index is 2.45. The van der Waals surface area contributed by atoms with Gasteiger partial charge in [-0.1, -0.05) is 18.2 Å². The number of aryl methyl sites for hydroxylation is 1. The van der Waals surface area contributed by atoms with Crippen molar-refractivity contribution in [1.82, 2.24) is 5.32 Å². The van der Waals surface area contributed by atoms with Gasteiger partial charge < -0.3 is 10.1 Å². The van der Waals surface area contributed by atoms with Crippen molar-refractivity contribution in [1.29, 1.82) is 0 Å². The van der Waals surface area contributed by atoms with Crippen LogP contribution < -0.4 is 10.1 Å². The molecule has 0 amide bonds. The van der Waals surface area contributed by atoms with Crippen molar-refractivity contribution in [2.75, 3.05) is 13.7 Å². The molecule has 0 spiro atoms. The van der Waals surface area contributed by atoms with Gasteiger partial charge in [-0.05, 0) is 49.0 Å². The zero-order valence-electron chi connectivity index (χ0n) is 11.4. The molecule has 0 aliphatic heterocycles. The fourth-order valence-electron chi connectivity index (χ4n) is 2.13. The van der Waals surface area contributed by atoms with Crippen LogP contribution in [0.5, 0.6) is 5.75 Å². The summed E-state index contributed by atoms with van der Waals surface area (Å²) in [6.45, 7) is 4.81. The summed E-state index contributed by atoms with van der Waals surface area (Å²) in [6, 6.07) is 10.5. The quantitative estimate of drug-likeness (QED) is 0.864. The maximum absolute atomic E-state index is 5.74. The molecule has 0 bridgehead atoms.